The Balaban J connectivity index is 1.59. The molecule has 0 atom stereocenters. The summed E-state index contributed by atoms with van der Waals surface area (Å²) < 4.78 is 1.01. The number of piperazine rings is 1. The number of carbonyl (C=O) groups is 1. The highest BCUT2D eigenvalue weighted by Gasteiger charge is 2.23. The first-order valence-electron chi connectivity index (χ1n) is 7.80. The van der Waals surface area contributed by atoms with Crippen LogP contribution in [0.2, 0.25) is 0 Å². The molecule has 0 saturated carbocycles. The van der Waals surface area contributed by atoms with Crippen LogP contribution >= 0.6 is 15.9 Å². The van der Waals surface area contributed by atoms with Crippen LogP contribution in [-0.4, -0.2) is 46.9 Å². The molecule has 1 amide bonds. The van der Waals surface area contributed by atoms with Gasteiger partial charge in [-0.3, -0.25) is 14.7 Å². The second-order valence-corrected chi connectivity index (χ2v) is 6.80. The Labute approximate surface area is 145 Å². The number of benzene rings is 1. The maximum Gasteiger partial charge on any atom is 0.254 e. The van der Waals surface area contributed by atoms with Gasteiger partial charge in [-0.05, 0) is 48.4 Å². The summed E-state index contributed by atoms with van der Waals surface area (Å²) in [4.78, 5) is 21.1. The highest BCUT2D eigenvalue weighted by Crippen LogP contribution is 2.18. The number of rotatable bonds is 3. The van der Waals surface area contributed by atoms with Gasteiger partial charge in [0.25, 0.3) is 5.91 Å². The molecule has 1 saturated heterocycles. The van der Waals surface area contributed by atoms with Crippen LogP contribution < -0.4 is 0 Å². The Morgan fingerprint density at radius 1 is 1.13 bits per heavy atom. The van der Waals surface area contributed by atoms with E-state index in [1.807, 2.05) is 54.5 Å². The molecule has 0 unspecified atom stereocenters. The zero-order valence-electron chi connectivity index (χ0n) is 13.2. The lowest BCUT2D eigenvalue weighted by Gasteiger charge is -2.35. The van der Waals surface area contributed by atoms with Gasteiger partial charge in [0.05, 0.1) is 0 Å². The van der Waals surface area contributed by atoms with Crippen molar-refractivity contribution in [2.45, 2.75) is 13.5 Å². The van der Waals surface area contributed by atoms with Gasteiger partial charge in [0.1, 0.15) is 0 Å². The second-order valence-electron chi connectivity index (χ2n) is 5.88. The molecule has 2 heterocycles. The van der Waals surface area contributed by atoms with E-state index in [1.165, 1.54) is 5.56 Å². The van der Waals surface area contributed by atoms with Crippen molar-refractivity contribution in [3.63, 3.8) is 0 Å². The Morgan fingerprint density at radius 2 is 1.83 bits per heavy atom. The molecule has 1 aromatic heterocycles. The minimum absolute atomic E-state index is 0.138. The number of pyridine rings is 1. The van der Waals surface area contributed by atoms with Crippen LogP contribution in [0.15, 0.2) is 47.2 Å². The van der Waals surface area contributed by atoms with Crippen LogP contribution in [0.4, 0.5) is 0 Å². The van der Waals surface area contributed by atoms with Crippen LogP contribution in [0, 0.1) is 6.92 Å². The molecule has 1 aromatic carbocycles. The Hall–Kier alpha value is -1.72. The fraction of sp³-hybridized carbons (Fsp3) is 0.333. The number of aryl methyl sites for hydroxylation is 1. The summed E-state index contributed by atoms with van der Waals surface area (Å²) in [6, 6.07) is 9.92. The predicted octanol–water partition coefficient (Wildman–Crippen LogP) is 3.11. The smallest absolute Gasteiger partial charge is 0.254 e. The third kappa shape index (κ3) is 3.98. The normalized spacial score (nSPS) is 15.7. The zero-order valence-corrected chi connectivity index (χ0v) is 14.8. The van der Waals surface area contributed by atoms with E-state index in [0.29, 0.717) is 0 Å². The van der Waals surface area contributed by atoms with Gasteiger partial charge in [0.2, 0.25) is 0 Å². The van der Waals surface area contributed by atoms with Gasteiger partial charge in [-0.25, -0.2) is 0 Å². The van der Waals surface area contributed by atoms with Crippen molar-refractivity contribution in [1.29, 1.82) is 0 Å². The highest BCUT2D eigenvalue weighted by atomic mass is 79.9. The quantitative estimate of drug-likeness (QED) is 0.829. The number of halogens is 1. The van der Waals surface area contributed by atoms with Gasteiger partial charge in [0.15, 0.2) is 0 Å². The van der Waals surface area contributed by atoms with E-state index in [9.17, 15) is 4.79 Å². The first-order chi connectivity index (χ1) is 11.1. The van der Waals surface area contributed by atoms with Crippen molar-refractivity contribution < 1.29 is 4.79 Å². The topological polar surface area (TPSA) is 36.4 Å². The van der Waals surface area contributed by atoms with Gasteiger partial charge in [-0.2, -0.15) is 0 Å². The molecule has 120 valence electrons. The molecular weight excluding hydrogens is 354 g/mol. The third-order valence-electron chi connectivity index (χ3n) is 4.23. The minimum atomic E-state index is 0.138. The van der Waals surface area contributed by atoms with Gasteiger partial charge >= 0.3 is 0 Å². The van der Waals surface area contributed by atoms with Crippen molar-refractivity contribution >= 4 is 21.8 Å². The lowest BCUT2D eigenvalue weighted by Crippen LogP contribution is -2.48. The summed E-state index contributed by atoms with van der Waals surface area (Å²) in [5.74, 6) is 0.138. The number of amides is 1. The molecule has 0 N–H and O–H groups in total. The number of hydrogen-bond donors (Lipinski definition) is 0. The standard InChI is InChI=1S/C18H20BrN3O/c1-14-12-16(19)2-3-17(14)18(23)22-10-8-21(9-11-22)13-15-4-6-20-7-5-15/h2-7,12H,8-11,13H2,1H3. The first-order valence-corrected chi connectivity index (χ1v) is 8.59. The van der Waals surface area contributed by atoms with Crippen LogP contribution in [0.25, 0.3) is 0 Å². The molecule has 2 aromatic rings. The molecule has 1 aliphatic rings. The van der Waals surface area contributed by atoms with Crippen molar-refractivity contribution in [3.8, 4) is 0 Å². The largest absolute Gasteiger partial charge is 0.336 e. The van der Waals surface area contributed by atoms with Crippen molar-refractivity contribution in [1.82, 2.24) is 14.8 Å². The molecule has 4 nitrogen and oxygen atoms in total. The fourth-order valence-corrected chi connectivity index (χ4v) is 3.37. The zero-order chi connectivity index (χ0) is 16.2. The Morgan fingerprint density at radius 3 is 2.48 bits per heavy atom. The molecule has 3 rings (SSSR count). The van der Waals surface area contributed by atoms with E-state index in [4.69, 9.17) is 0 Å². The lowest BCUT2D eigenvalue weighted by atomic mass is 10.1. The number of hydrogen-bond acceptors (Lipinski definition) is 3. The molecular formula is C18H20BrN3O. The second kappa shape index (κ2) is 7.23. The van der Waals surface area contributed by atoms with Gasteiger partial charge in [-0.15, -0.1) is 0 Å². The number of carbonyl (C=O) groups excluding carboxylic acids is 1. The predicted molar refractivity (Wildman–Crippen MR) is 94.3 cm³/mol. The van der Waals surface area contributed by atoms with E-state index < -0.39 is 0 Å². The highest BCUT2D eigenvalue weighted by molar-refractivity contribution is 9.10. The van der Waals surface area contributed by atoms with Crippen molar-refractivity contribution in [2.24, 2.45) is 0 Å². The monoisotopic (exact) mass is 373 g/mol. The molecule has 1 aliphatic heterocycles. The molecule has 0 radical (unpaired) electrons. The molecule has 1 fully saturated rings. The van der Waals surface area contributed by atoms with E-state index in [2.05, 4.69) is 25.8 Å². The molecule has 0 spiro atoms. The fourth-order valence-electron chi connectivity index (χ4n) is 2.89. The average molecular weight is 374 g/mol. The maximum atomic E-state index is 12.7. The summed E-state index contributed by atoms with van der Waals surface area (Å²) in [6.45, 7) is 6.27. The van der Waals surface area contributed by atoms with Crippen LogP contribution in [0.3, 0.4) is 0 Å². The molecule has 0 bridgehead atoms. The Bertz CT molecular complexity index is 682. The molecule has 23 heavy (non-hydrogen) atoms. The number of aromatic nitrogens is 1. The summed E-state index contributed by atoms with van der Waals surface area (Å²) in [6.07, 6.45) is 3.65. The van der Waals surface area contributed by atoms with Gasteiger partial charge < -0.3 is 4.90 Å². The summed E-state index contributed by atoms with van der Waals surface area (Å²) in [7, 11) is 0. The van der Waals surface area contributed by atoms with E-state index >= 15 is 0 Å². The number of nitrogens with zero attached hydrogens (tertiary/aromatic N) is 3. The molecule has 0 aliphatic carbocycles. The summed E-state index contributed by atoms with van der Waals surface area (Å²) in [5, 5.41) is 0. The summed E-state index contributed by atoms with van der Waals surface area (Å²) >= 11 is 3.44. The van der Waals surface area contributed by atoms with E-state index in [-0.39, 0.29) is 5.91 Å². The average Bonchev–Trinajstić information content (AvgIpc) is 2.56. The summed E-state index contributed by atoms with van der Waals surface area (Å²) in [5.41, 5.74) is 3.09. The van der Waals surface area contributed by atoms with Gasteiger partial charge in [0, 0.05) is 55.2 Å². The van der Waals surface area contributed by atoms with E-state index in [1.54, 1.807) is 0 Å². The lowest BCUT2D eigenvalue weighted by molar-refractivity contribution is 0.0627. The maximum absolute atomic E-state index is 12.7. The Kier molecular flexibility index (Phi) is 5.08. The minimum Gasteiger partial charge on any atom is -0.336 e. The first kappa shape index (κ1) is 16.1. The van der Waals surface area contributed by atoms with Crippen molar-refractivity contribution in [2.75, 3.05) is 26.2 Å². The molecule has 5 heteroatoms. The van der Waals surface area contributed by atoms with Crippen molar-refractivity contribution in [3.05, 3.63) is 63.9 Å². The van der Waals surface area contributed by atoms with Crippen LogP contribution in [-0.2, 0) is 6.54 Å². The van der Waals surface area contributed by atoms with Crippen LogP contribution in [0.1, 0.15) is 21.5 Å². The van der Waals surface area contributed by atoms with E-state index in [0.717, 1.165) is 48.3 Å². The van der Waals surface area contributed by atoms with Gasteiger partial charge in [-0.1, -0.05) is 15.9 Å². The van der Waals surface area contributed by atoms with Crippen LogP contribution in [0.5, 0.6) is 0 Å². The third-order valence-corrected chi connectivity index (χ3v) is 4.73. The SMILES string of the molecule is Cc1cc(Br)ccc1C(=O)N1CCN(Cc2ccncc2)CC1.